The standard InChI is InChI=1S/C20H19NO3/c1-23-13-16-15-9-3-5-11-18(15)24-19(16)20(22)21-12-6-8-14-7-2-4-10-17(14)21/h2-5,7,9-11H,6,8,12-13H2,1H3. The summed E-state index contributed by atoms with van der Waals surface area (Å²) >= 11 is 0. The SMILES string of the molecule is COCc1c(C(=O)N2CCCc3ccccc32)oc2ccccc12. The van der Waals surface area contributed by atoms with Crippen molar-refractivity contribution in [3.8, 4) is 0 Å². The fourth-order valence-electron chi connectivity index (χ4n) is 3.43. The topological polar surface area (TPSA) is 42.7 Å². The fourth-order valence-corrected chi connectivity index (χ4v) is 3.43. The predicted molar refractivity (Wildman–Crippen MR) is 93.4 cm³/mol. The molecule has 0 bridgehead atoms. The lowest BCUT2D eigenvalue weighted by Gasteiger charge is -2.29. The zero-order valence-electron chi connectivity index (χ0n) is 13.6. The predicted octanol–water partition coefficient (Wildman–Crippen LogP) is 4.17. The number of carbonyl (C=O) groups is 1. The van der Waals surface area contributed by atoms with Crippen LogP contribution in [0.1, 0.15) is 28.1 Å². The molecule has 0 saturated heterocycles. The molecule has 0 radical (unpaired) electrons. The largest absolute Gasteiger partial charge is 0.450 e. The number of hydrogen-bond donors (Lipinski definition) is 0. The Balaban J connectivity index is 1.81. The molecule has 1 amide bonds. The van der Waals surface area contributed by atoms with Crippen LogP contribution in [0, 0.1) is 0 Å². The van der Waals surface area contributed by atoms with Crippen LogP contribution in [-0.2, 0) is 17.8 Å². The normalized spacial score (nSPS) is 14.0. The van der Waals surface area contributed by atoms with Gasteiger partial charge in [0.25, 0.3) is 5.91 Å². The maximum Gasteiger partial charge on any atom is 0.294 e. The molecule has 0 saturated carbocycles. The summed E-state index contributed by atoms with van der Waals surface area (Å²) in [6.07, 6.45) is 1.97. The Hall–Kier alpha value is -2.59. The third-order valence-electron chi connectivity index (χ3n) is 4.54. The van der Waals surface area contributed by atoms with Gasteiger partial charge in [-0.2, -0.15) is 0 Å². The summed E-state index contributed by atoms with van der Waals surface area (Å²) in [5.41, 5.74) is 3.73. The van der Waals surface area contributed by atoms with Crippen molar-refractivity contribution in [2.75, 3.05) is 18.6 Å². The Morgan fingerprint density at radius 2 is 1.96 bits per heavy atom. The number of para-hydroxylation sites is 2. The second kappa shape index (κ2) is 6.13. The van der Waals surface area contributed by atoms with Crippen LogP contribution >= 0.6 is 0 Å². The number of fused-ring (bicyclic) bond motifs is 2. The minimum Gasteiger partial charge on any atom is -0.450 e. The highest BCUT2D eigenvalue weighted by atomic mass is 16.5. The molecule has 2 heterocycles. The lowest BCUT2D eigenvalue weighted by atomic mass is 10.0. The molecule has 0 aliphatic carbocycles. The van der Waals surface area contributed by atoms with Gasteiger partial charge in [0.1, 0.15) is 5.58 Å². The van der Waals surface area contributed by atoms with E-state index in [1.165, 1.54) is 5.56 Å². The molecule has 4 nitrogen and oxygen atoms in total. The van der Waals surface area contributed by atoms with Crippen LogP contribution in [0.3, 0.4) is 0 Å². The molecule has 4 rings (SSSR count). The summed E-state index contributed by atoms with van der Waals surface area (Å²) in [4.78, 5) is 15.0. The maximum absolute atomic E-state index is 13.2. The molecule has 0 fully saturated rings. The highest BCUT2D eigenvalue weighted by molar-refractivity contribution is 6.08. The number of benzene rings is 2. The van der Waals surface area contributed by atoms with E-state index in [-0.39, 0.29) is 5.91 Å². The Kier molecular flexibility index (Phi) is 3.82. The highest BCUT2D eigenvalue weighted by Gasteiger charge is 2.28. The van der Waals surface area contributed by atoms with E-state index in [4.69, 9.17) is 9.15 Å². The van der Waals surface area contributed by atoms with Gasteiger partial charge in [-0.3, -0.25) is 4.79 Å². The van der Waals surface area contributed by atoms with Gasteiger partial charge in [0.05, 0.1) is 6.61 Å². The molecule has 0 spiro atoms. The first-order chi connectivity index (χ1) is 11.8. The molecule has 0 N–H and O–H groups in total. The molecule has 1 aliphatic heterocycles. The number of carbonyl (C=O) groups excluding carboxylic acids is 1. The number of furan rings is 1. The van der Waals surface area contributed by atoms with E-state index in [0.717, 1.165) is 35.1 Å². The van der Waals surface area contributed by atoms with E-state index >= 15 is 0 Å². The average molecular weight is 321 g/mol. The number of aryl methyl sites for hydroxylation is 1. The third kappa shape index (κ3) is 2.39. The van der Waals surface area contributed by atoms with Crippen LogP contribution in [0.4, 0.5) is 5.69 Å². The van der Waals surface area contributed by atoms with Crippen LogP contribution in [0.25, 0.3) is 11.0 Å². The summed E-state index contributed by atoms with van der Waals surface area (Å²) in [6.45, 7) is 1.06. The average Bonchev–Trinajstić information content (AvgIpc) is 3.00. The Bertz CT molecular complexity index is 897. The van der Waals surface area contributed by atoms with Crippen LogP contribution in [-0.4, -0.2) is 19.6 Å². The molecule has 24 heavy (non-hydrogen) atoms. The van der Waals surface area contributed by atoms with Crippen molar-refractivity contribution in [3.63, 3.8) is 0 Å². The molecule has 0 unspecified atom stereocenters. The van der Waals surface area contributed by atoms with E-state index in [0.29, 0.717) is 18.9 Å². The van der Waals surface area contributed by atoms with Gasteiger partial charge in [-0.25, -0.2) is 0 Å². The van der Waals surface area contributed by atoms with Crippen molar-refractivity contribution in [3.05, 3.63) is 65.4 Å². The van der Waals surface area contributed by atoms with Crippen molar-refractivity contribution in [1.82, 2.24) is 0 Å². The first kappa shape index (κ1) is 15.0. The van der Waals surface area contributed by atoms with E-state index in [1.807, 2.05) is 47.4 Å². The molecule has 1 aromatic heterocycles. The Morgan fingerprint density at radius 1 is 1.17 bits per heavy atom. The van der Waals surface area contributed by atoms with Gasteiger partial charge in [-0.15, -0.1) is 0 Å². The van der Waals surface area contributed by atoms with Gasteiger partial charge in [-0.05, 0) is 30.5 Å². The third-order valence-corrected chi connectivity index (χ3v) is 4.54. The molecule has 3 aromatic rings. The summed E-state index contributed by atoms with van der Waals surface area (Å²) in [5.74, 6) is 0.292. The maximum atomic E-state index is 13.2. The lowest BCUT2D eigenvalue weighted by molar-refractivity contribution is 0.0954. The smallest absolute Gasteiger partial charge is 0.294 e. The van der Waals surface area contributed by atoms with Crippen LogP contribution in [0.5, 0.6) is 0 Å². The summed E-state index contributed by atoms with van der Waals surface area (Å²) in [6, 6.07) is 15.8. The van der Waals surface area contributed by atoms with Crippen LogP contribution in [0.2, 0.25) is 0 Å². The van der Waals surface area contributed by atoms with Gasteiger partial charge in [0, 0.05) is 30.3 Å². The number of rotatable bonds is 3. The molecule has 122 valence electrons. The summed E-state index contributed by atoms with van der Waals surface area (Å²) < 4.78 is 11.2. The first-order valence-electron chi connectivity index (χ1n) is 8.18. The minimum absolute atomic E-state index is 0.0922. The number of anilines is 1. The number of hydrogen-bond acceptors (Lipinski definition) is 3. The zero-order chi connectivity index (χ0) is 16.5. The second-order valence-electron chi connectivity index (χ2n) is 6.03. The van der Waals surface area contributed by atoms with Gasteiger partial charge in [0.2, 0.25) is 0 Å². The van der Waals surface area contributed by atoms with E-state index in [1.54, 1.807) is 7.11 Å². The molecular weight excluding hydrogens is 302 g/mol. The Morgan fingerprint density at radius 3 is 2.83 bits per heavy atom. The van der Waals surface area contributed by atoms with Crippen molar-refractivity contribution < 1.29 is 13.9 Å². The zero-order valence-corrected chi connectivity index (χ0v) is 13.6. The molecule has 1 aliphatic rings. The van der Waals surface area contributed by atoms with Crippen molar-refractivity contribution in [2.24, 2.45) is 0 Å². The molecular formula is C20H19NO3. The highest BCUT2D eigenvalue weighted by Crippen LogP contribution is 2.32. The van der Waals surface area contributed by atoms with Crippen molar-refractivity contribution in [2.45, 2.75) is 19.4 Å². The monoisotopic (exact) mass is 321 g/mol. The number of ether oxygens (including phenoxy) is 1. The number of amides is 1. The number of methoxy groups -OCH3 is 1. The lowest BCUT2D eigenvalue weighted by Crippen LogP contribution is -2.35. The fraction of sp³-hybridized carbons (Fsp3) is 0.250. The van der Waals surface area contributed by atoms with Gasteiger partial charge >= 0.3 is 0 Å². The molecule has 2 aromatic carbocycles. The number of nitrogens with zero attached hydrogens (tertiary/aromatic N) is 1. The molecule has 0 atom stereocenters. The van der Waals surface area contributed by atoms with Crippen molar-refractivity contribution in [1.29, 1.82) is 0 Å². The van der Waals surface area contributed by atoms with Gasteiger partial charge in [-0.1, -0.05) is 36.4 Å². The minimum atomic E-state index is -0.0922. The quantitative estimate of drug-likeness (QED) is 0.727. The van der Waals surface area contributed by atoms with E-state index < -0.39 is 0 Å². The molecule has 4 heteroatoms. The van der Waals surface area contributed by atoms with Crippen LogP contribution in [0.15, 0.2) is 52.9 Å². The second-order valence-corrected chi connectivity index (χ2v) is 6.03. The summed E-state index contributed by atoms with van der Waals surface area (Å²) in [5, 5.41) is 0.938. The van der Waals surface area contributed by atoms with E-state index in [2.05, 4.69) is 6.07 Å². The van der Waals surface area contributed by atoms with Gasteiger partial charge in [0.15, 0.2) is 5.76 Å². The van der Waals surface area contributed by atoms with Crippen molar-refractivity contribution >= 4 is 22.6 Å². The summed E-state index contributed by atoms with van der Waals surface area (Å²) in [7, 11) is 1.63. The van der Waals surface area contributed by atoms with E-state index in [9.17, 15) is 4.79 Å². The first-order valence-corrected chi connectivity index (χ1v) is 8.18. The van der Waals surface area contributed by atoms with Crippen LogP contribution < -0.4 is 4.90 Å². The van der Waals surface area contributed by atoms with Gasteiger partial charge < -0.3 is 14.1 Å². The Labute approximate surface area is 140 Å².